The van der Waals surface area contributed by atoms with Gasteiger partial charge in [-0.3, -0.25) is 9.59 Å². The maximum atomic E-state index is 12.0. The van der Waals surface area contributed by atoms with Crippen molar-refractivity contribution in [3.63, 3.8) is 0 Å². The highest BCUT2D eigenvalue weighted by Gasteiger charge is 2.25. The summed E-state index contributed by atoms with van der Waals surface area (Å²) in [6.45, 7) is 1.23. The molecule has 2 fully saturated rings. The van der Waals surface area contributed by atoms with Crippen molar-refractivity contribution in [2.24, 2.45) is 0 Å². The molecular weight excluding hydrogens is 320 g/mol. The lowest BCUT2D eigenvalue weighted by molar-refractivity contribution is -0.125. The molecule has 0 radical (unpaired) electrons. The van der Waals surface area contributed by atoms with Gasteiger partial charge in [-0.2, -0.15) is 0 Å². The van der Waals surface area contributed by atoms with E-state index in [2.05, 4.69) is 10.6 Å². The van der Waals surface area contributed by atoms with Crippen molar-refractivity contribution in [2.75, 3.05) is 23.8 Å². The summed E-state index contributed by atoms with van der Waals surface area (Å²) >= 11 is 6.19. The number of carbonyl (C=O) groups is 2. The van der Waals surface area contributed by atoms with Gasteiger partial charge in [-0.1, -0.05) is 11.6 Å². The van der Waals surface area contributed by atoms with Gasteiger partial charge in [-0.05, 0) is 43.9 Å². The number of nitrogens with one attached hydrogen (secondary N) is 2. The smallest absolute Gasteiger partial charge is 0.253 e. The fraction of sp³-hybridized carbons (Fsp3) is 0.500. The van der Waals surface area contributed by atoms with Crippen molar-refractivity contribution >= 4 is 34.8 Å². The molecule has 2 aliphatic rings. The zero-order valence-electron chi connectivity index (χ0n) is 12.6. The van der Waals surface area contributed by atoms with Crippen LogP contribution in [0.15, 0.2) is 18.2 Å². The van der Waals surface area contributed by atoms with Crippen LogP contribution in [0.2, 0.25) is 5.02 Å². The molecule has 0 aromatic heterocycles. The lowest BCUT2D eigenvalue weighted by Gasteiger charge is -2.14. The van der Waals surface area contributed by atoms with E-state index in [4.69, 9.17) is 21.1 Å². The second kappa shape index (κ2) is 7.29. The monoisotopic (exact) mass is 338 g/mol. The van der Waals surface area contributed by atoms with E-state index >= 15 is 0 Å². The summed E-state index contributed by atoms with van der Waals surface area (Å²) in [5.41, 5.74) is 1.08. The number of carbonyl (C=O) groups excluding carboxylic acids is 2. The minimum Gasteiger partial charge on any atom is -0.368 e. The molecule has 2 unspecified atom stereocenters. The van der Waals surface area contributed by atoms with E-state index in [1.807, 2.05) is 0 Å². The highest BCUT2D eigenvalue weighted by atomic mass is 35.5. The van der Waals surface area contributed by atoms with Gasteiger partial charge in [0.25, 0.3) is 11.8 Å². The Labute approximate surface area is 139 Å². The standard InChI is InChI=1S/C16H19ClN2O4/c17-11-9-10(18-15(20)13-3-1-7-22-13)5-6-12(11)19-16(21)14-4-2-8-23-14/h5-6,9,13-14H,1-4,7-8H2,(H,18,20)(H,19,21). The number of hydrogen-bond donors (Lipinski definition) is 2. The lowest BCUT2D eigenvalue weighted by Crippen LogP contribution is -2.27. The van der Waals surface area contributed by atoms with Crippen LogP contribution in [-0.4, -0.2) is 37.2 Å². The summed E-state index contributed by atoms with van der Waals surface area (Å²) in [6, 6.07) is 4.98. The van der Waals surface area contributed by atoms with Crippen molar-refractivity contribution in [1.29, 1.82) is 0 Å². The molecule has 2 atom stereocenters. The van der Waals surface area contributed by atoms with E-state index in [0.717, 1.165) is 25.7 Å². The zero-order valence-corrected chi connectivity index (χ0v) is 13.4. The van der Waals surface area contributed by atoms with Crippen molar-refractivity contribution in [1.82, 2.24) is 0 Å². The first kappa shape index (κ1) is 16.2. The summed E-state index contributed by atoms with van der Waals surface area (Å²) in [5.74, 6) is -0.366. The molecule has 7 heteroatoms. The second-order valence-corrected chi connectivity index (χ2v) is 6.08. The SMILES string of the molecule is O=C(Nc1ccc(NC(=O)C2CCCO2)c(Cl)c1)C1CCCO1. The summed E-state index contributed by atoms with van der Waals surface area (Å²) in [5, 5.41) is 5.89. The Bertz CT molecular complexity index is 596. The molecule has 6 nitrogen and oxygen atoms in total. The molecule has 124 valence electrons. The summed E-state index contributed by atoms with van der Waals surface area (Å²) in [7, 11) is 0. The molecular formula is C16H19ClN2O4. The number of benzene rings is 1. The molecule has 0 saturated carbocycles. The van der Waals surface area contributed by atoms with Gasteiger partial charge in [0.15, 0.2) is 0 Å². The first-order valence-corrected chi connectivity index (χ1v) is 8.16. The first-order valence-electron chi connectivity index (χ1n) is 7.78. The average Bonchev–Trinajstić information content (AvgIpc) is 3.23. The van der Waals surface area contributed by atoms with Crippen molar-refractivity contribution in [3.05, 3.63) is 23.2 Å². The van der Waals surface area contributed by atoms with E-state index in [9.17, 15) is 9.59 Å². The summed E-state index contributed by atoms with van der Waals surface area (Å²) < 4.78 is 10.7. The van der Waals surface area contributed by atoms with Crippen LogP contribution < -0.4 is 10.6 Å². The predicted octanol–water partition coefficient (Wildman–Crippen LogP) is 2.58. The Morgan fingerprint density at radius 2 is 1.61 bits per heavy atom. The van der Waals surface area contributed by atoms with Crippen LogP contribution in [0.1, 0.15) is 25.7 Å². The van der Waals surface area contributed by atoms with E-state index in [1.165, 1.54) is 0 Å². The Morgan fingerprint density at radius 3 is 2.13 bits per heavy atom. The maximum absolute atomic E-state index is 12.0. The average molecular weight is 339 g/mol. The Balaban J connectivity index is 1.60. The minimum atomic E-state index is -0.412. The fourth-order valence-corrected chi connectivity index (χ4v) is 2.93. The Morgan fingerprint density at radius 1 is 1.00 bits per heavy atom. The molecule has 2 heterocycles. The Kier molecular flexibility index (Phi) is 5.15. The summed E-state index contributed by atoms with van der Waals surface area (Å²) in [4.78, 5) is 24.0. The minimum absolute atomic E-state index is 0.172. The number of ether oxygens (including phenoxy) is 2. The van der Waals surface area contributed by atoms with Crippen molar-refractivity contribution in [2.45, 2.75) is 37.9 Å². The van der Waals surface area contributed by atoms with Crippen molar-refractivity contribution in [3.8, 4) is 0 Å². The second-order valence-electron chi connectivity index (χ2n) is 5.68. The van der Waals surface area contributed by atoms with E-state index in [0.29, 0.717) is 29.6 Å². The topological polar surface area (TPSA) is 76.7 Å². The van der Waals surface area contributed by atoms with Gasteiger partial charge in [0.2, 0.25) is 0 Å². The molecule has 2 amide bonds. The molecule has 0 spiro atoms. The number of amides is 2. The van der Waals surface area contributed by atoms with Gasteiger partial charge in [0, 0.05) is 18.9 Å². The molecule has 1 aromatic carbocycles. The third-order valence-corrected chi connectivity index (χ3v) is 4.25. The predicted molar refractivity (Wildman–Crippen MR) is 86.7 cm³/mol. The van der Waals surface area contributed by atoms with Crippen LogP contribution in [0.25, 0.3) is 0 Å². The lowest BCUT2D eigenvalue weighted by atomic mass is 10.2. The quantitative estimate of drug-likeness (QED) is 0.884. The highest BCUT2D eigenvalue weighted by Crippen LogP contribution is 2.27. The molecule has 1 aromatic rings. The molecule has 2 aliphatic heterocycles. The van der Waals surface area contributed by atoms with Gasteiger partial charge >= 0.3 is 0 Å². The van der Waals surface area contributed by atoms with Crippen LogP contribution in [0.5, 0.6) is 0 Å². The third kappa shape index (κ3) is 4.02. The molecule has 0 aliphatic carbocycles. The molecule has 2 saturated heterocycles. The van der Waals surface area contributed by atoms with Crippen molar-refractivity contribution < 1.29 is 19.1 Å². The van der Waals surface area contributed by atoms with Gasteiger partial charge in [-0.25, -0.2) is 0 Å². The molecule has 0 bridgehead atoms. The van der Waals surface area contributed by atoms with Crippen LogP contribution in [-0.2, 0) is 19.1 Å². The van der Waals surface area contributed by atoms with E-state index in [-0.39, 0.29) is 11.8 Å². The molecule has 3 rings (SSSR count). The van der Waals surface area contributed by atoms with Gasteiger partial charge in [0.1, 0.15) is 12.2 Å². The van der Waals surface area contributed by atoms with Crippen LogP contribution >= 0.6 is 11.6 Å². The maximum Gasteiger partial charge on any atom is 0.253 e. The van der Waals surface area contributed by atoms with Gasteiger partial charge < -0.3 is 20.1 Å². The number of anilines is 2. The van der Waals surface area contributed by atoms with Gasteiger partial charge in [-0.15, -0.1) is 0 Å². The number of hydrogen-bond acceptors (Lipinski definition) is 4. The van der Waals surface area contributed by atoms with Crippen LogP contribution in [0, 0.1) is 0 Å². The van der Waals surface area contributed by atoms with Crippen LogP contribution in [0.4, 0.5) is 11.4 Å². The van der Waals surface area contributed by atoms with E-state index < -0.39 is 12.2 Å². The number of rotatable bonds is 4. The fourth-order valence-electron chi connectivity index (χ4n) is 2.70. The normalized spacial score (nSPS) is 23.7. The largest absolute Gasteiger partial charge is 0.368 e. The van der Waals surface area contributed by atoms with E-state index in [1.54, 1.807) is 18.2 Å². The number of halogens is 1. The Hall–Kier alpha value is -1.63. The third-order valence-electron chi connectivity index (χ3n) is 3.94. The summed E-state index contributed by atoms with van der Waals surface area (Å²) in [6.07, 6.45) is 2.43. The van der Waals surface area contributed by atoms with Crippen LogP contribution in [0.3, 0.4) is 0 Å². The molecule has 2 N–H and O–H groups in total. The molecule has 23 heavy (non-hydrogen) atoms. The highest BCUT2D eigenvalue weighted by molar-refractivity contribution is 6.34. The van der Waals surface area contributed by atoms with Gasteiger partial charge in [0.05, 0.1) is 10.7 Å². The first-order chi connectivity index (χ1) is 11.1. The zero-order chi connectivity index (χ0) is 16.2.